The molecule has 6 heteroatoms. The molecule has 3 aromatic rings. The van der Waals surface area contributed by atoms with Gasteiger partial charge in [0, 0.05) is 36.2 Å². The average molecular weight is 401 g/mol. The van der Waals surface area contributed by atoms with Gasteiger partial charge in [0.15, 0.2) is 11.3 Å². The van der Waals surface area contributed by atoms with Gasteiger partial charge in [0.1, 0.15) is 5.58 Å². The van der Waals surface area contributed by atoms with Crippen molar-refractivity contribution in [1.82, 2.24) is 4.90 Å². The van der Waals surface area contributed by atoms with E-state index in [1.165, 1.54) is 12.5 Å². The number of carbonyl (C=O) groups is 1. The maximum Gasteiger partial charge on any atom is 0.387 e. The van der Waals surface area contributed by atoms with Gasteiger partial charge >= 0.3 is 6.61 Å². The molecule has 1 aliphatic heterocycles. The number of amides is 1. The van der Waals surface area contributed by atoms with Crippen molar-refractivity contribution in [2.45, 2.75) is 51.6 Å². The second kappa shape index (κ2) is 8.39. The van der Waals surface area contributed by atoms with Crippen LogP contribution in [0.4, 0.5) is 8.78 Å². The number of nitrogens with zero attached hydrogens (tertiary/aromatic N) is 1. The Morgan fingerprint density at radius 3 is 2.79 bits per heavy atom. The van der Waals surface area contributed by atoms with E-state index in [-0.39, 0.29) is 17.6 Å². The summed E-state index contributed by atoms with van der Waals surface area (Å²) in [6, 6.07) is 10.8. The zero-order valence-electron chi connectivity index (χ0n) is 16.5. The van der Waals surface area contributed by atoms with E-state index in [2.05, 4.69) is 11.7 Å². The summed E-state index contributed by atoms with van der Waals surface area (Å²) in [5, 5.41) is 1.62. The molecule has 0 saturated carbocycles. The molecule has 0 spiro atoms. The highest BCUT2D eigenvalue weighted by atomic mass is 19.3. The number of furan rings is 1. The molecule has 2 heterocycles. The molecular formula is C23H25F2NO3. The van der Waals surface area contributed by atoms with Crippen LogP contribution in [0.1, 0.15) is 50.5 Å². The first kappa shape index (κ1) is 19.7. The van der Waals surface area contributed by atoms with Gasteiger partial charge in [-0.2, -0.15) is 8.78 Å². The molecule has 1 fully saturated rings. The van der Waals surface area contributed by atoms with Gasteiger partial charge in [-0.3, -0.25) is 4.79 Å². The molecule has 0 aliphatic carbocycles. The maximum atomic E-state index is 12.9. The molecule has 4 rings (SSSR count). The second-order valence-electron chi connectivity index (χ2n) is 7.64. The van der Waals surface area contributed by atoms with E-state index in [0.29, 0.717) is 24.1 Å². The number of para-hydroxylation sites is 1. The van der Waals surface area contributed by atoms with E-state index in [4.69, 9.17) is 4.42 Å². The first-order chi connectivity index (χ1) is 14.1. The van der Waals surface area contributed by atoms with Crippen molar-refractivity contribution >= 4 is 27.8 Å². The molecule has 1 aliphatic rings. The molecule has 1 aromatic heterocycles. The Kier molecular flexibility index (Phi) is 5.69. The van der Waals surface area contributed by atoms with E-state index in [1.54, 1.807) is 6.07 Å². The van der Waals surface area contributed by atoms with Crippen LogP contribution >= 0.6 is 0 Å². The van der Waals surface area contributed by atoms with Crippen LogP contribution in [0.15, 0.2) is 40.8 Å². The summed E-state index contributed by atoms with van der Waals surface area (Å²) >= 11 is 0. The van der Waals surface area contributed by atoms with Gasteiger partial charge in [-0.15, -0.1) is 0 Å². The highest BCUT2D eigenvalue weighted by Gasteiger charge is 2.32. The average Bonchev–Trinajstić information content (AvgIpc) is 3.26. The first-order valence-corrected chi connectivity index (χ1v) is 10.2. The van der Waals surface area contributed by atoms with Crippen molar-refractivity contribution in [2.75, 3.05) is 13.1 Å². The fourth-order valence-corrected chi connectivity index (χ4v) is 4.29. The van der Waals surface area contributed by atoms with Crippen LogP contribution in [0, 0.1) is 0 Å². The van der Waals surface area contributed by atoms with Crippen LogP contribution in [-0.2, 0) is 4.79 Å². The number of benzene rings is 2. The maximum absolute atomic E-state index is 12.9. The van der Waals surface area contributed by atoms with Gasteiger partial charge < -0.3 is 14.1 Å². The number of rotatable bonds is 8. The molecule has 1 saturated heterocycles. The van der Waals surface area contributed by atoms with Gasteiger partial charge in [0.05, 0.1) is 0 Å². The summed E-state index contributed by atoms with van der Waals surface area (Å²) in [6.45, 7) is 0.661. The van der Waals surface area contributed by atoms with Gasteiger partial charge in [-0.25, -0.2) is 0 Å². The molecule has 0 N–H and O–H groups in total. The van der Waals surface area contributed by atoms with Gasteiger partial charge in [0.2, 0.25) is 5.91 Å². The number of ether oxygens (including phenoxy) is 1. The Morgan fingerprint density at radius 1 is 1.17 bits per heavy atom. The van der Waals surface area contributed by atoms with Crippen molar-refractivity contribution in [1.29, 1.82) is 0 Å². The predicted molar refractivity (Wildman–Crippen MR) is 108 cm³/mol. The topological polar surface area (TPSA) is 42.7 Å². The number of likely N-dealkylation sites (tertiary alicyclic amines) is 1. The summed E-state index contributed by atoms with van der Waals surface area (Å²) in [4.78, 5) is 14.5. The fraction of sp³-hybridized carbons (Fsp3) is 0.435. The molecule has 1 atom stereocenters. The SMILES string of the molecule is CCCCCCN1CC(c2ccc(OC(F)F)c3oc4ccccc4c23)CC1=O. The number of alkyl halides is 2. The summed E-state index contributed by atoms with van der Waals surface area (Å²) in [5.41, 5.74) is 1.89. The molecule has 0 radical (unpaired) electrons. The summed E-state index contributed by atoms with van der Waals surface area (Å²) in [5.74, 6) is 0.189. The minimum atomic E-state index is -2.93. The van der Waals surface area contributed by atoms with Crippen LogP contribution in [0.2, 0.25) is 0 Å². The number of carbonyl (C=O) groups excluding carboxylic acids is 1. The Hall–Kier alpha value is -2.63. The molecular weight excluding hydrogens is 376 g/mol. The third-order valence-electron chi connectivity index (χ3n) is 5.67. The summed E-state index contributed by atoms with van der Waals surface area (Å²) in [7, 11) is 0. The van der Waals surface area contributed by atoms with Crippen molar-refractivity contribution in [3.63, 3.8) is 0 Å². The van der Waals surface area contributed by atoms with Crippen LogP contribution in [-0.4, -0.2) is 30.5 Å². The monoisotopic (exact) mass is 401 g/mol. The predicted octanol–water partition coefficient (Wildman–Crippen LogP) is 6.08. The standard InChI is InChI=1S/C23H25F2NO3/c1-2-3-4-7-12-26-14-15(13-20(26)27)16-10-11-19(29-23(24)25)22-21(16)17-8-5-6-9-18(17)28-22/h5-6,8-11,15,23H,2-4,7,12-14H2,1H3. The zero-order valence-corrected chi connectivity index (χ0v) is 16.5. The molecule has 0 bridgehead atoms. The third kappa shape index (κ3) is 3.93. The Bertz CT molecular complexity index is 1010. The Morgan fingerprint density at radius 2 is 2.00 bits per heavy atom. The first-order valence-electron chi connectivity index (χ1n) is 10.2. The van der Waals surface area contributed by atoms with Crippen molar-refractivity contribution in [2.24, 2.45) is 0 Å². The Labute approximate surface area is 168 Å². The number of hydrogen-bond donors (Lipinski definition) is 0. The van der Waals surface area contributed by atoms with E-state index in [1.807, 2.05) is 29.2 Å². The fourth-order valence-electron chi connectivity index (χ4n) is 4.29. The lowest BCUT2D eigenvalue weighted by Crippen LogP contribution is -2.26. The quantitative estimate of drug-likeness (QED) is 0.429. The van der Waals surface area contributed by atoms with E-state index < -0.39 is 6.61 Å². The number of unbranched alkanes of at least 4 members (excludes halogenated alkanes) is 3. The lowest BCUT2D eigenvalue weighted by molar-refractivity contribution is -0.127. The molecule has 1 amide bonds. The third-order valence-corrected chi connectivity index (χ3v) is 5.67. The van der Waals surface area contributed by atoms with Gasteiger partial charge in [-0.05, 0) is 24.1 Å². The molecule has 4 nitrogen and oxygen atoms in total. The smallest absolute Gasteiger partial charge is 0.387 e. The molecule has 154 valence electrons. The van der Waals surface area contributed by atoms with Crippen LogP contribution < -0.4 is 4.74 Å². The second-order valence-corrected chi connectivity index (χ2v) is 7.64. The summed E-state index contributed by atoms with van der Waals surface area (Å²) in [6.07, 6.45) is 4.91. The zero-order chi connectivity index (χ0) is 20.4. The van der Waals surface area contributed by atoms with Crippen LogP contribution in [0.3, 0.4) is 0 Å². The lowest BCUT2D eigenvalue weighted by atomic mass is 9.93. The largest absolute Gasteiger partial charge is 0.452 e. The number of halogens is 2. The number of fused-ring (bicyclic) bond motifs is 3. The highest BCUT2D eigenvalue weighted by molar-refractivity contribution is 6.09. The Balaban J connectivity index is 1.68. The lowest BCUT2D eigenvalue weighted by Gasteiger charge is -2.17. The van der Waals surface area contributed by atoms with Crippen molar-refractivity contribution in [3.05, 3.63) is 42.0 Å². The summed E-state index contributed by atoms with van der Waals surface area (Å²) < 4.78 is 36.3. The van der Waals surface area contributed by atoms with Gasteiger partial charge in [0.25, 0.3) is 0 Å². The normalized spacial score (nSPS) is 17.2. The minimum Gasteiger partial charge on any atom is -0.452 e. The van der Waals surface area contributed by atoms with Crippen molar-refractivity contribution in [3.8, 4) is 5.75 Å². The minimum absolute atomic E-state index is 0.0118. The highest BCUT2D eigenvalue weighted by Crippen LogP contribution is 2.42. The van der Waals surface area contributed by atoms with E-state index in [0.717, 1.165) is 42.1 Å². The van der Waals surface area contributed by atoms with Crippen LogP contribution in [0.25, 0.3) is 21.9 Å². The van der Waals surface area contributed by atoms with Gasteiger partial charge in [-0.1, -0.05) is 50.5 Å². The van der Waals surface area contributed by atoms with E-state index >= 15 is 0 Å². The number of hydrogen-bond acceptors (Lipinski definition) is 3. The van der Waals surface area contributed by atoms with Crippen LogP contribution in [0.5, 0.6) is 5.75 Å². The molecule has 2 aromatic carbocycles. The molecule has 29 heavy (non-hydrogen) atoms. The van der Waals surface area contributed by atoms with Crippen molar-refractivity contribution < 1.29 is 22.7 Å². The van der Waals surface area contributed by atoms with E-state index in [9.17, 15) is 13.6 Å². The molecule has 1 unspecified atom stereocenters.